The zero-order valence-electron chi connectivity index (χ0n) is 11.0. The predicted octanol–water partition coefficient (Wildman–Crippen LogP) is 3.97. The molecule has 1 amide bonds. The van der Waals surface area contributed by atoms with Crippen molar-refractivity contribution in [1.82, 2.24) is 0 Å². The van der Waals surface area contributed by atoms with Crippen LogP contribution in [0.1, 0.15) is 21.5 Å². The number of aromatic hydroxyl groups is 1. The second-order valence-electron chi connectivity index (χ2n) is 4.53. The van der Waals surface area contributed by atoms with E-state index in [1.165, 1.54) is 30.3 Å². The van der Waals surface area contributed by atoms with Crippen LogP contribution < -0.4 is 5.32 Å². The van der Waals surface area contributed by atoms with Gasteiger partial charge in [0.15, 0.2) is 0 Å². The molecule has 6 heteroatoms. The first-order valence-electron chi connectivity index (χ1n) is 6.05. The third-order valence-electron chi connectivity index (χ3n) is 2.91. The zero-order valence-corrected chi connectivity index (χ0v) is 11.0. The standard InChI is InChI=1S/C15H12F3NO2/c1-9-7-12(20)5-6-13(9)19-14(21)10-3-2-4-11(8-10)15(16,17)18/h2-8,20H,1H3,(H,19,21). The van der Waals surface area contributed by atoms with Crippen LogP contribution in [-0.2, 0) is 6.18 Å². The normalized spacial score (nSPS) is 11.2. The summed E-state index contributed by atoms with van der Waals surface area (Å²) in [5.41, 5.74) is 0.0698. The third kappa shape index (κ3) is 3.53. The quantitative estimate of drug-likeness (QED) is 0.824. The summed E-state index contributed by atoms with van der Waals surface area (Å²) in [5, 5.41) is 11.8. The molecule has 0 fully saturated rings. The maximum atomic E-state index is 12.6. The maximum absolute atomic E-state index is 12.6. The average molecular weight is 295 g/mol. The fourth-order valence-electron chi connectivity index (χ4n) is 1.82. The number of halogens is 3. The first-order chi connectivity index (χ1) is 9.77. The van der Waals surface area contributed by atoms with Gasteiger partial charge in [-0.3, -0.25) is 4.79 Å². The second-order valence-corrected chi connectivity index (χ2v) is 4.53. The van der Waals surface area contributed by atoms with E-state index in [-0.39, 0.29) is 11.3 Å². The third-order valence-corrected chi connectivity index (χ3v) is 2.91. The van der Waals surface area contributed by atoms with Gasteiger partial charge in [-0.15, -0.1) is 0 Å². The van der Waals surface area contributed by atoms with Crippen LogP contribution >= 0.6 is 0 Å². The van der Waals surface area contributed by atoms with Crippen LogP contribution in [0.3, 0.4) is 0 Å². The number of phenols is 1. The molecule has 21 heavy (non-hydrogen) atoms. The number of carbonyl (C=O) groups excluding carboxylic acids is 1. The van der Waals surface area contributed by atoms with Gasteiger partial charge in [-0.2, -0.15) is 13.2 Å². The molecule has 0 atom stereocenters. The predicted molar refractivity (Wildman–Crippen MR) is 72.2 cm³/mol. The fourth-order valence-corrected chi connectivity index (χ4v) is 1.82. The highest BCUT2D eigenvalue weighted by Crippen LogP contribution is 2.29. The van der Waals surface area contributed by atoms with Gasteiger partial charge < -0.3 is 10.4 Å². The van der Waals surface area contributed by atoms with Gasteiger partial charge in [-0.25, -0.2) is 0 Å². The summed E-state index contributed by atoms with van der Waals surface area (Å²) < 4.78 is 37.8. The molecule has 0 aromatic heterocycles. The largest absolute Gasteiger partial charge is 0.508 e. The van der Waals surface area contributed by atoms with Gasteiger partial charge >= 0.3 is 6.18 Å². The molecular formula is C15H12F3NO2. The minimum absolute atomic E-state index is 0.0459. The molecule has 0 aliphatic heterocycles. The van der Waals surface area contributed by atoms with E-state index in [1.807, 2.05) is 0 Å². The number of carbonyl (C=O) groups is 1. The summed E-state index contributed by atoms with van der Waals surface area (Å²) in [7, 11) is 0. The van der Waals surface area contributed by atoms with E-state index >= 15 is 0 Å². The molecule has 2 rings (SSSR count). The second kappa shape index (κ2) is 5.47. The van der Waals surface area contributed by atoms with E-state index in [4.69, 9.17) is 0 Å². The van der Waals surface area contributed by atoms with E-state index in [0.29, 0.717) is 11.3 Å². The van der Waals surface area contributed by atoms with Crippen LogP contribution in [0, 0.1) is 6.92 Å². The van der Waals surface area contributed by atoms with E-state index in [9.17, 15) is 23.1 Å². The molecule has 3 nitrogen and oxygen atoms in total. The lowest BCUT2D eigenvalue weighted by Crippen LogP contribution is -2.14. The van der Waals surface area contributed by atoms with E-state index in [1.54, 1.807) is 6.92 Å². The van der Waals surface area contributed by atoms with Gasteiger partial charge in [0.05, 0.1) is 5.56 Å². The lowest BCUT2D eigenvalue weighted by molar-refractivity contribution is -0.137. The monoisotopic (exact) mass is 295 g/mol. The molecule has 2 aromatic carbocycles. The minimum atomic E-state index is -4.50. The van der Waals surface area contributed by atoms with Gasteiger partial charge in [0, 0.05) is 11.3 Å². The molecule has 110 valence electrons. The van der Waals surface area contributed by atoms with Crippen molar-refractivity contribution in [1.29, 1.82) is 0 Å². The molecule has 2 aromatic rings. The summed E-state index contributed by atoms with van der Waals surface area (Å²) in [5.74, 6) is -0.598. The highest BCUT2D eigenvalue weighted by Gasteiger charge is 2.30. The molecule has 0 saturated carbocycles. The van der Waals surface area contributed by atoms with Crippen molar-refractivity contribution in [2.24, 2.45) is 0 Å². The van der Waals surface area contributed by atoms with E-state index in [0.717, 1.165) is 12.1 Å². The van der Waals surface area contributed by atoms with E-state index in [2.05, 4.69) is 5.32 Å². The number of anilines is 1. The molecular weight excluding hydrogens is 283 g/mol. The minimum Gasteiger partial charge on any atom is -0.508 e. The average Bonchev–Trinajstić information content (AvgIpc) is 2.41. The molecule has 0 heterocycles. The van der Waals surface area contributed by atoms with Gasteiger partial charge in [0.2, 0.25) is 0 Å². The Hall–Kier alpha value is -2.50. The van der Waals surface area contributed by atoms with Crippen LogP contribution in [0.5, 0.6) is 5.75 Å². The smallest absolute Gasteiger partial charge is 0.416 e. The highest BCUT2D eigenvalue weighted by molar-refractivity contribution is 6.04. The Balaban J connectivity index is 2.25. The zero-order chi connectivity index (χ0) is 15.6. The lowest BCUT2D eigenvalue weighted by atomic mass is 10.1. The fraction of sp³-hybridized carbons (Fsp3) is 0.133. The summed E-state index contributed by atoms with van der Waals surface area (Å²) in [6, 6.07) is 8.50. The molecule has 0 bridgehead atoms. The lowest BCUT2D eigenvalue weighted by Gasteiger charge is -2.11. The first-order valence-corrected chi connectivity index (χ1v) is 6.05. The number of phenolic OH excluding ortho intramolecular Hbond substituents is 1. The molecule has 2 N–H and O–H groups in total. The molecule has 0 unspecified atom stereocenters. The summed E-state index contributed by atoms with van der Waals surface area (Å²) in [4.78, 5) is 12.0. The number of aryl methyl sites for hydroxylation is 1. The Kier molecular flexibility index (Phi) is 3.88. The van der Waals surface area contributed by atoms with Crippen molar-refractivity contribution in [3.05, 3.63) is 59.2 Å². The van der Waals surface area contributed by atoms with Gasteiger partial charge in [-0.1, -0.05) is 6.07 Å². The molecule has 0 saturated heterocycles. The summed E-state index contributed by atoms with van der Waals surface area (Å²) in [6.07, 6.45) is -4.50. The Morgan fingerprint density at radius 2 is 1.86 bits per heavy atom. The van der Waals surface area contributed by atoms with Gasteiger partial charge in [0.1, 0.15) is 5.75 Å². The van der Waals surface area contributed by atoms with Crippen molar-refractivity contribution in [2.75, 3.05) is 5.32 Å². The van der Waals surface area contributed by atoms with Crippen LogP contribution in [0.15, 0.2) is 42.5 Å². The van der Waals surface area contributed by atoms with Crippen molar-refractivity contribution in [3.63, 3.8) is 0 Å². The van der Waals surface area contributed by atoms with Gasteiger partial charge in [-0.05, 0) is 48.9 Å². The van der Waals surface area contributed by atoms with Crippen LogP contribution in [0.4, 0.5) is 18.9 Å². The van der Waals surface area contributed by atoms with Gasteiger partial charge in [0.25, 0.3) is 5.91 Å². The number of nitrogens with one attached hydrogen (secondary N) is 1. The number of alkyl halides is 3. The first kappa shape index (κ1) is 14.9. The Morgan fingerprint density at radius 1 is 1.14 bits per heavy atom. The molecule has 0 aliphatic carbocycles. The summed E-state index contributed by atoms with van der Waals surface area (Å²) >= 11 is 0. The van der Waals surface area contributed by atoms with Crippen molar-refractivity contribution >= 4 is 11.6 Å². The number of hydrogen-bond acceptors (Lipinski definition) is 2. The highest BCUT2D eigenvalue weighted by atomic mass is 19.4. The molecule has 0 aliphatic rings. The van der Waals surface area contributed by atoms with Crippen molar-refractivity contribution < 1.29 is 23.1 Å². The Morgan fingerprint density at radius 3 is 2.48 bits per heavy atom. The van der Waals surface area contributed by atoms with Crippen molar-refractivity contribution in [2.45, 2.75) is 13.1 Å². The number of hydrogen-bond donors (Lipinski definition) is 2. The SMILES string of the molecule is Cc1cc(O)ccc1NC(=O)c1cccc(C(F)(F)F)c1. The van der Waals surface area contributed by atoms with Crippen LogP contribution in [0.25, 0.3) is 0 Å². The van der Waals surface area contributed by atoms with Crippen LogP contribution in [0.2, 0.25) is 0 Å². The topological polar surface area (TPSA) is 49.3 Å². The number of benzene rings is 2. The maximum Gasteiger partial charge on any atom is 0.416 e. The van der Waals surface area contributed by atoms with Crippen LogP contribution in [-0.4, -0.2) is 11.0 Å². The number of rotatable bonds is 2. The molecule has 0 spiro atoms. The Labute approximate surface area is 119 Å². The number of amides is 1. The summed E-state index contributed by atoms with van der Waals surface area (Å²) in [6.45, 7) is 1.67. The van der Waals surface area contributed by atoms with E-state index < -0.39 is 17.6 Å². The van der Waals surface area contributed by atoms with Crippen molar-refractivity contribution in [3.8, 4) is 5.75 Å². The Bertz CT molecular complexity index is 681. The molecule has 0 radical (unpaired) electrons.